The van der Waals surface area contributed by atoms with Gasteiger partial charge in [-0.2, -0.15) is 8.42 Å². The molecule has 1 heterocycles. The molecule has 0 spiro atoms. The first kappa shape index (κ1) is 52.0. The van der Waals surface area contributed by atoms with Crippen molar-refractivity contribution in [2.75, 3.05) is 12.4 Å². The Morgan fingerprint density at radius 2 is 0.926 bits per heavy atom. The van der Waals surface area contributed by atoms with Crippen LogP contribution in [0.2, 0.25) is 0 Å². The van der Waals surface area contributed by atoms with Crippen molar-refractivity contribution in [2.24, 2.45) is 7.05 Å². The standard InChI is InChI=1S/C42H80N4O2.CH4O4S/c1-5-7-9-11-13-15-17-19-21-23-25-27-29-31-33-35-40(47)43-38(3)39-37-46(4)42(44-39)45-41(48)36-34-32-30-28-26-24-22-20-18-16-14-12-10-8-6-2;1-5-6(2,3)4/h37-38H,5-36H2,1-4H3,(H,43,47)(H,44,45,48);1H3,(H,2,3,4). The van der Waals surface area contributed by atoms with E-state index in [-0.39, 0.29) is 17.9 Å². The van der Waals surface area contributed by atoms with Crippen molar-refractivity contribution in [1.82, 2.24) is 14.9 Å². The van der Waals surface area contributed by atoms with Crippen LogP contribution in [0.1, 0.15) is 238 Å². The lowest BCUT2D eigenvalue weighted by Gasteiger charge is -2.11. The summed E-state index contributed by atoms with van der Waals surface area (Å²) >= 11 is 0. The molecule has 0 saturated heterocycles. The fourth-order valence-corrected chi connectivity index (χ4v) is 6.70. The second-order valence-corrected chi connectivity index (χ2v) is 16.6. The van der Waals surface area contributed by atoms with E-state index in [4.69, 9.17) is 4.55 Å². The molecule has 0 aromatic carbocycles. The zero-order chi connectivity index (χ0) is 40.1. The van der Waals surface area contributed by atoms with Gasteiger partial charge in [-0.25, -0.2) is 4.98 Å². The lowest BCUT2D eigenvalue weighted by Crippen LogP contribution is -2.26. The van der Waals surface area contributed by atoms with E-state index in [1.165, 1.54) is 167 Å². The second kappa shape index (κ2) is 36.6. The van der Waals surface area contributed by atoms with Crippen LogP contribution in [0, 0.1) is 0 Å². The number of unbranched alkanes of at least 4 members (excludes halogenated alkanes) is 28. The summed E-state index contributed by atoms with van der Waals surface area (Å²) < 4.78 is 31.6. The van der Waals surface area contributed by atoms with Gasteiger partial charge in [0.05, 0.1) is 18.8 Å². The lowest BCUT2D eigenvalue weighted by molar-refractivity contribution is -0.122. The van der Waals surface area contributed by atoms with Crippen LogP contribution in [0.25, 0.3) is 0 Å². The fourth-order valence-electron chi connectivity index (χ4n) is 6.70. The van der Waals surface area contributed by atoms with Gasteiger partial charge in [-0.1, -0.05) is 194 Å². The van der Waals surface area contributed by atoms with Crippen LogP contribution in [0.5, 0.6) is 0 Å². The quantitative estimate of drug-likeness (QED) is 0.0454. The number of amides is 2. The minimum atomic E-state index is -4.16. The van der Waals surface area contributed by atoms with Crippen LogP contribution in [-0.2, 0) is 31.2 Å². The molecule has 0 radical (unpaired) electrons. The zero-order valence-corrected chi connectivity index (χ0v) is 36.4. The average Bonchev–Trinajstić information content (AvgIpc) is 3.50. The summed E-state index contributed by atoms with van der Waals surface area (Å²) in [7, 11) is -1.40. The number of hydrogen-bond donors (Lipinski definition) is 3. The number of carbonyl (C=O) groups is 2. The largest absolute Gasteiger partial charge is 0.397 e. The predicted molar refractivity (Wildman–Crippen MR) is 226 cm³/mol. The van der Waals surface area contributed by atoms with Crippen molar-refractivity contribution in [3.63, 3.8) is 0 Å². The number of nitrogens with one attached hydrogen (secondary N) is 2. The summed E-state index contributed by atoms with van der Waals surface area (Å²) in [5.74, 6) is 0.663. The zero-order valence-electron chi connectivity index (χ0n) is 35.6. The summed E-state index contributed by atoms with van der Waals surface area (Å²) in [4.78, 5) is 29.7. The Morgan fingerprint density at radius 3 is 1.24 bits per heavy atom. The normalized spacial score (nSPS) is 12.0. The number of nitrogens with zero attached hydrogens (tertiary/aromatic N) is 2. The molecule has 0 aliphatic rings. The van der Waals surface area contributed by atoms with E-state index in [1.807, 2.05) is 24.7 Å². The fraction of sp³-hybridized carbons (Fsp3) is 0.884. The maximum Gasteiger partial charge on any atom is 0.397 e. The molecule has 0 saturated carbocycles. The molecule has 1 rings (SSSR count). The van der Waals surface area contributed by atoms with Gasteiger partial charge in [-0.3, -0.25) is 23.6 Å². The molecule has 318 valence electrons. The van der Waals surface area contributed by atoms with Gasteiger partial charge in [0.1, 0.15) is 0 Å². The van der Waals surface area contributed by atoms with Crippen LogP contribution >= 0.6 is 0 Å². The molecule has 54 heavy (non-hydrogen) atoms. The van der Waals surface area contributed by atoms with Crippen LogP contribution in [0.3, 0.4) is 0 Å². The Labute approximate surface area is 332 Å². The molecule has 0 bridgehead atoms. The highest BCUT2D eigenvalue weighted by Crippen LogP contribution is 2.18. The third kappa shape index (κ3) is 34.5. The minimum absolute atomic E-state index is 0.0230. The van der Waals surface area contributed by atoms with Crippen molar-refractivity contribution < 1.29 is 26.7 Å². The predicted octanol–water partition coefficient (Wildman–Crippen LogP) is 12.5. The van der Waals surface area contributed by atoms with E-state index in [1.54, 1.807) is 0 Å². The molecule has 3 N–H and O–H groups in total. The number of rotatable bonds is 36. The summed E-state index contributed by atoms with van der Waals surface area (Å²) in [5, 5.41) is 6.07. The van der Waals surface area contributed by atoms with Crippen LogP contribution in [-0.4, -0.2) is 41.4 Å². The highest BCUT2D eigenvalue weighted by molar-refractivity contribution is 7.80. The molecule has 1 aromatic rings. The first-order chi connectivity index (χ1) is 26.0. The van der Waals surface area contributed by atoms with Gasteiger partial charge in [0, 0.05) is 26.1 Å². The van der Waals surface area contributed by atoms with Crippen molar-refractivity contribution >= 4 is 28.2 Å². The maximum absolute atomic E-state index is 12.5. The third-order valence-corrected chi connectivity index (χ3v) is 10.6. The van der Waals surface area contributed by atoms with Gasteiger partial charge in [0.2, 0.25) is 17.8 Å². The van der Waals surface area contributed by atoms with E-state index >= 15 is 0 Å². The van der Waals surface area contributed by atoms with Crippen LogP contribution in [0.4, 0.5) is 5.95 Å². The SMILES string of the molecule is CCCCCCCCCCCCCCCCCC(=O)Nc1nc(C(C)NC(=O)CCCCCCCCCCCCCCCCC)cn1C.COS(=O)(=O)O. The van der Waals surface area contributed by atoms with Crippen LogP contribution < -0.4 is 10.6 Å². The van der Waals surface area contributed by atoms with Gasteiger partial charge in [0.25, 0.3) is 0 Å². The van der Waals surface area contributed by atoms with Crippen molar-refractivity contribution in [3.05, 3.63) is 11.9 Å². The van der Waals surface area contributed by atoms with Gasteiger partial charge < -0.3 is 9.88 Å². The number of aryl methyl sites for hydroxylation is 1. The topological polar surface area (TPSA) is 140 Å². The van der Waals surface area contributed by atoms with E-state index < -0.39 is 10.4 Å². The Balaban J connectivity index is 0.00000430. The third-order valence-electron chi connectivity index (χ3n) is 10.2. The molecular formula is C43H84N4O6S. The smallest absolute Gasteiger partial charge is 0.348 e. The van der Waals surface area contributed by atoms with Crippen LogP contribution in [0.15, 0.2) is 6.20 Å². The van der Waals surface area contributed by atoms with Gasteiger partial charge in [0.15, 0.2) is 0 Å². The van der Waals surface area contributed by atoms with Gasteiger partial charge >= 0.3 is 10.4 Å². The molecule has 11 heteroatoms. The molecule has 0 aliphatic heterocycles. The van der Waals surface area contributed by atoms with E-state index in [2.05, 4.69) is 33.6 Å². The molecule has 10 nitrogen and oxygen atoms in total. The molecule has 1 unspecified atom stereocenters. The number of imidazole rings is 1. The van der Waals surface area contributed by atoms with E-state index in [0.717, 1.165) is 38.5 Å². The first-order valence-electron chi connectivity index (χ1n) is 22.2. The highest BCUT2D eigenvalue weighted by Gasteiger charge is 2.16. The molecule has 0 fully saturated rings. The monoisotopic (exact) mass is 785 g/mol. The summed E-state index contributed by atoms with van der Waals surface area (Å²) in [6.45, 7) is 6.53. The number of anilines is 1. The molecular weight excluding hydrogens is 701 g/mol. The molecule has 1 atom stereocenters. The Morgan fingerprint density at radius 1 is 0.630 bits per heavy atom. The summed E-state index contributed by atoms with van der Waals surface area (Å²) in [5.41, 5.74) is 0.782. The van der Waals surface area contributed by atoms with Crippen molar-refractivity contribution in [1.29, 1.82) is 0 Å². The van der Waals surface area contributed by atoms with Crippen molar-refractivity contribution in [3.8, 4) is 0 Å². The number of aromatic nitrogens is 2. The maximum atomic E-state index is 12.5. The summed E-state index contributed by atoms with van der Waals surface area (Å²) in [6.07, 6.45) is 42.7. The number of carbonyl (C=O) groups excluding carboxylic acids is 2. The number of hydrogen-bond acceptors (Lipinski definition) is 6. The van der Waals surface area contributed by atoms with E-state index in [9.17, 15) is 18.0 Å². The Hall–Kier alpha value is -1.98. The van der Waals surface area contributed by atoms with Gasteiger partial charge in [-0.15, -0.1) is 0 Å². The minimum Gasteiger partial charge on any atom is -0.348 e. The van der Waals surface area contributed by atoms with E-state index in [0.29, 0.717) is 18.8 Å². The molecule has 0 aliphatic carbocycles. The molecule has 2 amide bonds. The average molecular weight is 785 g/mol. The second-order valence-electron chi connectivity index (χ2n) is 15.4. The first-order valence-corrected chi connectivity index (χ1v) is 23.6. The Bertz CT molecular complexity index is 1130. The van der Waals surface area contributed by atoms with Gasteiger partial charge in [-0.05, 0) is 19.8 Å². The Kier molecular flexibility index (Phi) is 35.3. The lowest BCUT2D eigenvalue weighted by atomic mass is 10.0. The summed E-state index contributed by atoms with van der Waals surface area (Å²) in [6, 6.07) is -0.179. The highest BCUT2D eigenvalue weighted by atomic mass is 32.3. The van der Waals surface area contributed by atoms with Crippen molar-refractivity contribution in [2.45, 2.75) is 232 Å². The molecule has 1 aromatic heterocycles.